The van der Waals surface area contributed by atoms with Gasteiger partial charge in [0.1, 0.15) is 0 Å². The number of ether oxygens (including phenoxy) is 1. The van der Waals surface area contributed by atoms with Crippen LogP contribution >= 0.6 is 0 Å². The second kappa shape index (κ2) is 8.03. The van der Waals surface area contributed by atoms with Gasteiger partial charge < -0.3 is 15.8 Å². The first-order chi connectivity index (χ1) is 12.5. The van der Waals surface area contributed by atoms with Crippen LogP contribution in [0.4, 0.5) is 5.82 Å². The molecule has 2 aromatic heterocycles. The van der Waals surface area contributed by atoms with E-state index < -0.39 is 0 Å². The minimum Gasteiger partial charge on any atom is -0.474 e. The van der Waals surface area contributed by atoms with E-state index in [9.17, 15) is 4.79 Å². The van der Waals surface area contributed by atoms with Gasteiger partial charge in [0.05, 0.1) is 11.5 Å². The lowest BCUT2D eigenvalue weighted by Gasteiger charge is -2.24. The van der Waals surface area contributed by atoms with E-state index in [1.165, 1.54) is 0 Å². The SMILES string of the molecule is CCC(CC)Oc1ccc2c(NC(=O)[C@H]3CC[C@H](N)CC3)nn(C)c2n1. The third-order valence-electron chi connectivity index (χ3n) is 5.24. The predicted octanol–water partition coefficient (Wildman–Crippen LogP) is 2.99. The first kappa shape index (κ1) is 18.6. The van der Waals surface area contributed by atoms with E-state index >= 15 is 0 Å². The van der Waals surface area contributed by atoms with Gasteiger partial charge in [-0.3, -0.25) is 4.79 Å². The van der Waals surface area contributed by atoms with Crippen molar-refractivity contribution in [3.8, 4) is 5.88 Å². The molecule has 2 aromatic rings. The van der Waals surface area contributed by atoms with Crippen LogP contribution in [0.5, 0.6) is 5.88 Å². The topological polar surface area (TPSA) is 95.1 Å². The number of nitrogens with zero attached hydrogens (tertiary/aromatic N) is 3. The van der Waals surface area contributed by atoms with E-state index in [1.54, 1.807) is 4.68 Å². The van der Waals surface area contributed by atoms with Gasteiger partial charge in [-0.25, -0.2) is 4.68 Å². The second-order valence-corrected chi connectivity index (χ2v) is 7.15. The molecule has 7 nitrogen and oxygen atoms in total. The number of aryl methyl sites for hydroxylation is 1. The lowest BCUT2D eigenvalue weighted by molar-refractivity contribution is -0.120. The van der Waals surface area contributed by atoms with Crippen LogP contribution in [0.25, 0.3) is 11.0 Å². The molecule has 1 aliphatic carbocycles. The maximum atomic E-state index is 12.6. The van der Waals surface area contributed by atoms with Crippen LogP contribution < -0.4 is 15.8 Å². The van der Waals surface area contributed by atoms with Gasteiger partial charge in [-0.2, -0.15) is 10.1 Å². The summed E-state index contributed by atoms with van der Waals surface area (Å²) in [6, 6.07) is 3.99. The molecule has 1 saturated carbocycles. The summed E-state index contributed by atoms with van der Waals surface area (Å²) in [5.41, 5.74) is 6.63. The molecule has 0 atom stereocenters. The molecular formula is C19H29N5O2. The summed E-state index contributed by atoms with van der Waals surface area (Å²) in [7, 11) is 1.82. The summed E-state index contributed by atoms with van der Waals surface area (Å²) < 4.78 is 7.60. The number of nitrogens with one attached hydrogen (secondary N) is 1. The van der Waals surface area contributed by atoms with E-state index in [0.29, 0.717) is 17.3 Å². The Balaban J connectivity index is 1.76. The van der Waals surface area contributed by atoms with Crippen molar-refractivity contribution >= 4 is 22.8 Å². The number of hydrogen-bond acceptors (Lipinski definition) is 5. The molecule has 1 fully saturated rings. The molecule has 7 heteroatoms. The van der Waals surface area contributed by atoms with Crippen LogP contribution in [0, 0.1) is 5.92 Å². The summed E-state index contributed by atoms with van der Waals surface area (Å²) >= 11 is 0. The molecule has 2 heterocycles. The van der Waals surface area contributed by atoms with Crippen LogP contribution in [0.2, 0.25) is 0 Å². The number of amides is 1. The third-order valence-corrected chi connectivity index (χ3v) is 5.24. The Morgan fingerprint density at radius 3 is 2.65 bits per heavy atom. The number of hydrogen-bond donors (Lipinski definition) is 2. The van der Waals surface area contributed by atoms with Crippen molar-refractivity contribution in [3.05, 3.63) is 12.1 Å². The first-order valence-corrected chi connectivity index (χ1v) is 9.58. The fourth-order valence-electron chi connectivity index (χ4n) is 3.50. The Kier molecular flexibility index (Phi) is 5.76. The minimum atomic E-state index is 0.0114. The zero-order valence-electron chi connectivity index (χ0n) is 15.9. The van der Waals surface area contributed by atoms with Crippen LogP contribution in [-0.4, -0.2) is 32.8 Å². The normalized spacial score (nSPS) is 20.5. The van der Waals surface area contributed by atoms with Crippen molar-refractivity contribution in [2.24, 2.45) is 18.7 Å². The van der Waals surface area contributed by atoms with Gasteiger partial charge in [0, 0.05) is 25.1 Å². The Morgan fingerprint density at radius 2 is 2.00 bits per heavy atom. The van der Waals surface area contributed by atoms with Gasteiger partial charge in [0.15, 0.2) is 11.5 Å². The number of anilines is 1. The van der Waals surface area contributed by atoms with Crippen molar-refractivity contribution in [1.82, 2.24) is 14.8 Å². The van der Waals surface area contributed by atoms with E-state index in [1.807, 2.05) is 19.2 Å². The fraction of sp³-hybridized carbons (Fsp3) is 0.632. The Labute approximate surface area is 154 Å². The maximum absolute atomic E-state index is 12.6. The number of nitrogens with two attached hydrogens (primary N) is 1. The van der Waals surface area contributed by atoms with Crippen molar-refractivity contribution in [2.45, 2.75) is 64.5 Å². The van der Waals surface area contributed by atoms with Crippen molar-refractivity contribution < 1.29 is 9.53 Å². The summed E-state index contributed by atoms with van der Waals surface area (Å²) in [5, 5.41) is 8.25. The summed E-state index contributed by atoms with van der Waals surface area (Å²) in [5.74, 6) is 1.18. The Morgan fingerprint density at radius 1 is 1.31 bits per heavy atom. The highest BCUT2D eigenvalue weighted by Gasteiger charge is 2.26. The molecule has 1 amide bonds. The number of carbonyl (C=O) groups is 1. The highest BCUT2D eigenvalue weighted by atomic mass is 16.5. The highest BCUT2D eigenvalue weighted by Crippen LogP contribution is 2.27. The number of pyridine rings is 1. The van der Waals surface area contributed by atoms with Crippen molar-refractivity contribution in [1.29, 1.82) is 0 Å². The number of carbonyl (C=O) groups excluding carboxylic acids is 1. The molecule has 0 radical (unpaired) electrons. The molecule has 0 aliphatic heterocycles. The predicted molar refractivity (Wildman–Crippen MR) is 102 cm³/mol. The van der Waals surface area contributed by atoms with Crippen LogP contribution in [-0.2, 0) is 11.8 Å². The van der Waals surface area contributed by atoms with Gasteiger partial charge >= 0.3 is 0 Å². The van der Waals surface area contributed by atoms with Crippen LogP contribution in [0.3, 0.4) is 0 Å². The third kappa shape index (κ3) is 3.98. The van der Waals surface area contributed by atoms with Gasteiger partial charge in [0.2, 0.25) is 11.8 Å². The Bertz CT molecular complexity index is 761. The minimum absolute atomic E-state index is 0.0114. The number of rotatable bonds is 6. The summed E-state index contributed by atoms with van der Waals surface area (Å²) in [6.07, 6.45) is 5.51. The molecule has 142 valence electrons. The standard InChI is InChI=1S/C19H29N5O2/c1-4-14(5-2)26-16-11-10-15-17(23-24(3)18(15)21-16)22-19(25)12-6-8-13(20)9-7-12/h10-14H,4-9,20H2,1-3H3,(H,22,23,25)/t12-,13-. The molecule has 3 rings (SSSR count). The van der Waals surface area contributed by atoms with E-state index in [0.717, 1.165) is 43.9 Å². The average Bonchev–Trinajstić information content (AvgIpc) is 2.95. The lowest BCUT2D eigenvalue weighted by Crippen LogP contribution is -2.32. The maximum Gasteiger partial charge on any atom is 0.228 e. The zero-order chi connectivity index (χ0) is 18.7. The lowest BCUT2D eigenvalue weighted by atomic mass is 9.86. The van der Waals surface area contributed by atoms with Gasteiger partial charge in [-0.1, -0.05) is 13.8 Å². The van der Waals surface area contributed by atoms with Gasteiger partial charge in [-0.05, 0) is 44.6 Å². The highest BCUT2D eigenvalue weighted by molar-refractivity contribution is 5.99. The molecule has 0 saturated heterocycles. The molecule has 0 bridgehead atoms. The van der Waals surface area contributed by atoms with Crippen LogP contribution in [0.1, 0.15) is 52.4 Å². The number of aromatic nitrogens is 3. The fourth-order valence-corrected chi connectivity index (χ4v) is 3.50. The van der Waals surface area contributed by atoms with E-state index in [-0.39, 0.29) is 24.0 Å². The molecule has 0 aromatic carbocycles. The van der Waals surface area contributed by atoms with Crippen molar-refractivity contribution in [3.63, 3.8) is 0 Å². The Hall–Kier alpha value is -2.15. The summed E-state index contributed by atoms with van der Waals surface area (Å²) in [6.45, 7) is 4.20. The molecule has 0 spiro atoms. The molecule has 0 unspecified atom stereocenters. The van der Waals surface area contributed by atoms with E-state index in [2.05, 4.69) is 29.2 Å². The molecule has 26 heavy (non-hydrogen) atoms. The average molecular weight is 359 g/mol. The molecule has 1 aliphatic rings. The molecular weight excluding hydrogens is 330 g/mol. The van der Waals surface area contributed by atoms with Crippen molar-refractivity contribution in [2.75, 3.05) is 5.32 Å². The zero-order valence-corrected chi connectivity index (χ0v) is 15.9. The van der Waals surface area contributed by atoms with Gasteiger partial charge in [0.25, 0.3) is 0 Å². The summed E-state index contributed by atoms with van der Waals surface area (Å²) in [4.78, 5) is 17.1. The second-order valence-electron chi connectivity index (χ2n) is 7.15. The van der Waals surface area contributed by atoms with Gasteiger partial charge in [-0.15, -0.1) is 0 Å². The van der Waals surface area contributed by atoms with Crippen LogP contribution in [0.15, 0.2) is 12.1 Å². The monoisotopic (exact) mass is 359 g/mol. The number of fused-ring (bicyclic) bond motifs is 1. The quantitative estimate of drug-likeness (QED) is 0.827. The smallest absolute Gasteiger partial charge is 0.228 e. The van der Waals surface area contributed by atoms with E-state index in [4.69, 9.17) is 10.5 Å². The largest absolute Gasteiger partial charge is 0.474 e. The first-order valence-electron chi connectivity index (χ1n) is 9.58. The molecule has 3 N–H and O–H groups in total.